The fourth-order valence-electron chi connectivity index (χ4n) is 1.16. The number of halogens is 3. The Morgan fingerprint density at radius 3 is 2.33 bits per heavy atom. The summed E-state index contributed by atoms with van der Waals surface area (Å²) in [5, 5.41) is 2.86. The van der Waals surface area contributed by atoms with Gasteiger partial charge in [0.2, 0.25) is 0 Å². The molecule has 0 aliphatic heterocycles. The van der Waals surface area contributed by atoms with Crippen molar-refractivity contribution in [1.29, 1.82) is 0 Å². The summed E-state index contributed by atoms with van der Waals surface area (Å²) in [4.78, 5) is 3.63. The molecule has 0 bridgehead atoms. The SMILES string of the molecule is C\C=C(/N=C(\C=C\CCC)C(F)(F)F)NC(C)C. The molecule has 0 heterocycles. The van der Waals surface area contributed by atoms with E-state index in [0.29, 0.717) is 6.42 Å². The largest absolute Gasteiger partial charge is 0.433 e. The Labute approximate surface area is 107 Å². The second kappa shape index (κ2) is 7.95. The zero-order chi connectivity index (χ0) is 14.2. The summed E-state index contributed by atoms with van der Waals surface area (Å²) >= 11 is 0. The van der Waals surface area contributed by atoms with Crippen molar-refractivity contribution in [3.63, 3.8) is 0 Å². The first-order chi connectivity index (χ1) is 8.31. The molecule has 0 radical (unpaired) electrons. The molecule has 0 atom stereocenters. The van der Waals surface area contributed by atoms with Crippen molar-refractivity contribution in [2.75, 3.05) is 0 Å². The molecule has 18 heavy (non-hydrogen) atoms. The smallest absolute Gasteiger partial charge is 0.368 e. The van der Waals surface area contributed by atoms with Crippen LogP contribution in [0, 0.1) is 0 Å². The summed E-state index contributed by atoms with van der Waals surface area (Å²) in [6.45, 7) is 7.25. The van der Waals surface area contributed by atoms with E-state index in [2.05, 4.69) is 10.3 Å². The van der Waals surface area contributed by atoms with E-state index < -0.39 is 11.9 Å². The standard InChI is InChI=1S/C13H21F3N2/c1-5-7-8-9-11(13(14,15)16)18-12(6-2)17-10(3)4/h6,8-10,17H,5,7H2,1-4H3/b9-8+,12-6-,18-11+. The molecule has 0 aromatic heterocycles. The van der Waals surface area contributed by atoms with Gasteiger partial charge in [0.15, 0.2) is 0 Å². The monoisotopic (exact) mass is 262 g/mol. The second-order valence-corrected chi connectivity index (χ2v) is 4.16. The molecule has 0 aliphatic carbocycles. The number of nitrogens with zero attached hydrogens (tertiary/aromatic N) is 1. The molecule has 5 heteroatoms. The van der Waals surface area contributed by atoms with Crippen LogP contribution in [0.25, 0.3) is 0 Å². The minimum Gasteiger partial charge on any atom is -0.368 e. The van der Waals surface area contributed by atoms with Gasteiger partial charge in [0.25, 0.3) is 0 Å². The van der Waals surface area contributed by atoms with Crippen LogP contribution in [0.1, 0.15) is 40.5 Å². The molecule has 0 saturated heterocycles. The number of aliphatic imine (C=N–C) groups is 1. The number of nitrogens with one attached hydrogen (secondary N) is 1. The van der Waals surface area contributed by atoms with Crippen LogP contribution in [0.5, 0.6) is 0 Å². The van der Waals surface area contributed by atoms with Gasteiger partial charge in [0, 0.05) is 6.04 Å². The fourth-order valence-corrected chi connectivity index (χ4v) is 1.16. The van der Waals surface area contributed by atoms with Crippen LogP contribution in [0.3, 0.4) is 0 Å². The maximum Gasteiger partial charge on any atom is 0.433 e. The van der Waals surface area contributed by atoms with E-state index >= 15 is 0 Å². The molecule has 0 aromatic rings. The molecule has 0 amide bonds. The van der Waals surface area contributed by atoms with E-state index in [4.69, 9.17) is 0 Å². The van der Waals surface area contributed by atoms with Gasteiger partial charge in [-0.1, -0.05) is 19.4 Å². The first-order valence-electron chi connectivity index (χ1n) is 6.06. The lowest BCUT2D eigenvalue weighted by Gasteiger charge is -2.12. The Morgan fingerprint density at radius 2 is 1.94 bits per heavy atom. The third-order valence-electron chi connectivity index (χ3n) is 1.97. The average Bonchev–Trinajstić information content (AvgIpc) is 2.24. The lowest BCUT2D eigenvalue weighted by Crippen LogP contribution is -2.25. The predicted molar refractivity (Wildman–Crippen MR) is 69.6 cm³/mol. The van der Waals surface area contributed by atoms with Crippen LogP contribution in [0.4, 0.5) is 13.2 Å². The third-order valence-corrected chi connectivity index (χ3v) is 1.97. The van der Waals surface area contributed by atoms with Crippen LogP contribution < -0.4 is 5.32 Å². The maximum atomic E-state index is 12.7. The number of alkyl halides is 3. The van der Waals surface area contributed by atoms with Gasteiger partial charge in [0.05, 0.1) is 0 Å². The number of rotatable bonds is 6. The van der Waals surface area contributed by atoms with Crippen molar-refractivity contribution in [2.24, 2.45) is 4.99 Å². The highest BCUT2D eigenvalue weighted by atomic mass is 19.4. The summed E-state index contributed by atoms with van der Waals surface area (Å²) in [5.41, 5.74) is -0.878. The van der Waals surface area contributed by atoms with Crippen LogP contribution >= 0.6 is 0 Å². The Kier molecular flexibility index (Phi) is 7.39. The molecular formula is C13H21F3N2. The van der Waals surface area contributed by atoms with Crippen molar-refractivity contribution < 1.29 is 13.2 Å². The van der Waals surface area contributed by atoms with Gasteiger partial charge in [-0.05, 0) is 39.3 Å². The molecule has 0 aliphatic rings. The Balaban J connectivity index is 5.05. The lowest BCUT2D eigenvalue weighted by atomic mass is 10.2. The zero-order valence-electron chi connectivity index (χ0n) is 11.3. The molecule has 1 N–H and O–H groups in total. The molecule has 0 fully saturated rings. The molecule has 0 rings (SSSR count). The minimum absolute atomic E-state index is 0.0362. The summed E-state index contributed by atoms with van der Waals surface area (Å²) in [6, 6.07) is 0.0362. The van der Waals surface area contributed by atoms with Gasteiger partial charge in [-0.25, -0.2) is 4.99 Å². The number of hydrogen-bond donors (Lipinski definition) is 1. The lowest BCUT2D eigenvalue weighted by molar-refractivity contribution is -0.0577. The van der Waals surface area contributed by atoms with Gasteiger partial charge in [0.1, 0.15) is 11.5 Å². The van der Waals surface area contributed by atoms with Gasteiger partial charge in [-0.3, -0.25) is 0 Å². The zero-order valence-corrected chi connectivity index (χ0v) is 11.3. The minimum atomic E-state index is -4.43. The molecule has 0 spiro atoms. The van der Waals surface area contributed by atoms with Crippen molar-refractivity contribution >= 4 is 5.71 Å². The first-order valence-corrected chi connectivity index (χ1v) is 6.06. The van der Waals surface area contributed by atoms with Crippen molar-refractivity contribution in [2.45, 2.75) is 52.8 Å². The predicted octanol–water partition coefficient (Wildman–Crippen LogP) is 4.21. The third kappa shape index (κ3) is 7.14. The first kappa shape index (κ1) is 16.7. The summed E-state index contributed by atoms with van der Waals surface area (Å²) in [7, 11) is 0. The van der Waals surface area contributed by atoms with Crippen LogP contribution in [-0.4, -0.2) is 17.9 Å². The highest BCUT2D eigenvalue weighted by molar-refractivity contribution is 6.00. The molecule has 0 aromatic carbocycles. The van der Waals surface area contributed by atoms with E-state index in [1.807, 2.05) is 20.8 Å². The van der Waals surface area contributed by atoms with E-state index in [0.717, 1.165) is 12.5 Å². The number of unbranched alkanes of at least 4 members (excludes halogenated alkanes) is 1. The van der Waals surface area contributed by atoms with Gasteiger partial charge < -0.3 is 5.32 Å². The summed E-state index contributed by atoms with van der Waals surface area (Å²) < 4.78 is 38.2. The van der Waals surface area contributed by atoms with Crippen LogP contribution in [-0.2, 0) is 0 Å². The van der Waals surface area contributed by atoms with E-state index in [-0.39, 0.29) is 11.9 Å². The van der Waals surface area contributed by atoms with Crippen LogP contribution in [0.15, 0.2) is 29.0 Å². The van der Waals surface area contributed by atoms with Crippen LogP contribution in [0.2, 0.25) is 0 Å². The summed E-state index contributed by atoms with van der Waals surface area (Å²) in [6.07, 6.45) is 1.04. The van der Waals surface area contributed by atoms with Crippen molar-refractivity contribution in [3.05, 3.63) is 24.0 Å². The highest BCUT2D eigenvalue weighted by Gasteiger charge is 2.33. The van der Waals surface area contributed by atoms with E-state index in [1.165, 1.54) is 12.2 Å². The molecule has 2 nitrogen and oxygen atoms in total. The summed E-state index contributed by atoms with van der Waals surface area (Å²) in [5.74, 6) is 0.235. The topological polar surface area (TPSA) is 24.4 Å². The molecular weight excluding hydrogens is 241 g/mol. The normalized spacial score (nSPS) is 14.7. The number of hydrogen-bond acceptors (Lipinski definition) is 2. The molecule has 104 valence electrons. The van der Waals surface area contributed by atoms with Gasteiger partial charge >= 0.3 is 6.18 Å². The Bertz CT molecular complexity index is 326. The van der Waals surface area contributed by atoms with E-state index in [9.17, 15) is 13.2 Å². The Morgan fingerprint density at radius 1 is 1.33 bits per heavy atom. The van der Waals surface area contributed by atoms with Gasteiger partial charge in [-0.15, -0.1) is 0 Å². The quantitative estimate of drug-likeness (QED) is 0.713. The molecule has 0 saturated carbocycles. The number of allylic oxidation sites excluding steroid dienone is 3. The average molecular weight is 262 g/mol. The van der Waals surface area contributed by atoms with Gasteiger partial charge in [-0.2, -0.15) is 13.2 Å². The highest BCUT2D eigenvalue weighted by Crippen LogP contribution is 2.19. The van der Waals surface area contributed by atoms with E-state index in [1.54, 1.807) is 6.92 Å². The Hall–Kier alpha value is -1.26. The fraction of sp³-hybridized carbons (Fsp3) is 0.615. The molecule has 0 unspecified atom stereocenters. The maximum absolute atomic E-state index is 12.7. The van der Waals surface area contributed by atoms with Crippen molar-refractivity contribution in [1.82, 2.24) is 5.32 Å². The second-order valence-electron chi connectivity index (χ2n) is 4.16. The van der Waals surface area contributed by atoms with Crippen molar-refractivity contribution in [3.8, 4) is 0 Å².